The van der Waals surface area contributed by atoms with Gasteiger partial charge in [-0.2, -0.15) is 0 Å². The summed E-state index contributed by atoms with van der Waals surface area (Å²) in [5.41, 5.74) is 2.22. The Labute approximate surface area is 91.2 Å². The standard InChI is InChI=1S/C14H16N/c1-3-6-11(2)13-10-9-12-7-4-5-8-14(12)15-13/h4-5,7-10H,3,6H2,1-2H3. The first-order valence-corrected chi connectivity index (χ1v) is 5.50. The molecule has 2 rings (SSSR count). The second-order valence-corrected chi connectivity index (χ2v) is 3.92. The molecule has 0 spiro atoms. The van der Waals surface area contributed by atoms with Crippen LogP contribution in [0.3, 0.4) is 0 Å². The van der Waals surface area contributed by atoms with E-state index < -0.39 is 0 Å². The lowest BCUT2D eigenvalue weighted by Crippen LogP contribution is -1.97. The summed E-state index contributed by atoms with van der Waals surface area (Å²) in [7, 11) is 0. The van der Waals surface area contributed by atoms with Crippen molar-refractivity contribution in [2.45, 2.75) is 26.7 Å². The maximum absolute atomic E-state index is 4.66. The second kappa shape index (κ2) is 4.43. The zero-order chi connectivity index (χ0) is 10.7. The van der Waals surface area contributed by atoms with Gasteiger partial charge in [-0.3, -0.25) is 4.98 Å². The van der Waals surface area contributed by atoms with Gasteiger partial charge in [0.15, 0.2) is 0 Å². The molecular weight excluding hydrogens is 182 g/mol. The van der Waals surface area contributed by atoms with E-state index in [1.54, 1.807) is 0 Å². The van der Waals surface area contributed by atoms with Gasteiger partial charge < -0.3 is 0 Å². The van der Waals surface area contributed by atoms with Crippen molar-refractivity contribution >= 4 is 10.9 Å². The molecule has 0 bridgehead atoms. The Morgan fingerprint density at radius 1 is 1.13 bits per heavy atom. The van der Waals surface area contributed by atoms with E-state index in [-0.39, 0.29) is 0 Å². The van der Waals surface area contributed by atoms with Crippen LogP contribution in [0, 0.1) is 5.92 Å². The van der Waals surface area contributed by atoms with Crippen molar-refractivity contribution in [3.63, 3.8) is 0 Å². The number of nitrogens with zero attached hydrogens (tertiary/aromatic N) is 1. The molecule has 77 valence electrons. The number of fused-ring (bicyclic) bond motifs is 1. The molecule has 0 saturated carbocycles. The minimum absolute atomic E-state index is 1.09. The summed E-state index contributed by atoms with van der Waals surface area (Å²) in [6, 6.07) is 12.5. The number of aromatic nitrogens is 1. The average Bonchev–Trinajstić information content (AvgIpc) is 2.29. The van der Waals surface area contributed by atoms with Crippen LogP contribution in [0.15, 0.2) is 36.4 Å². The minimum Gasteiger partial charge on any atom is -0.252 e. The molecule has 1 aromatic heterocycles. The maximum atomic E-state index is 4.66. The van der Waals surface area contributed by atoms with Crippen LogP contribution in [0.4, 0.5) is 0 Å². The zero-order valence-electron chi connectivity index (χ0n) is 9.33. The van der Waals surface area contributed by atoms with E-state index in [4.69, 9.17) is 0 Å². The summed E-state index contributed by atoms with van der Waals surface area (Å²) in [5.74, 6) is 1.38. The van der Waals surface area contributed by atoms with Crippen LogP contribution in [0.2, 0.25) is 0 Å². The third-order valence-electron chi connectivity index (χ3n) is 2.66. The highest BCUT2D eigenvalue weighted by atomic mass is 14.7. The molecule has 2 aromatic rings. The van der Waals surface area contributed by atoms with E-state index in [0.717, 1.165) is 17.6 Å². The molecular formula is C14H16N. The zero-order valence-corrected chi connectivity index (χ0v) is 9.33. The molecule has 0 aliphatic heterocycles. The van der Waals surface area contributed by atoms with Gasteiger partial charge in [-0.05, 0) is 18.6 Å². The Morgan fingerprint density at radius 3 is 2.73 bits per heavy atom. The van der Waals surface area contributed by atoms with Gasteiger partial charge >= 0.3 is 0 Å². The monoisotopic (exact) mass is 198 g/mol. The topological polar surface area (TPSA) is 12.9 Å². The normalized spacial score (nSPS) is 11.1. The summed E-state index contributed by atoms with van der Waals surface area (Å²) < 4.78 is 0. The fourth-order valence-corrected chi connectivity index (χ4v) is 1.81. The van der Waals surface area contributed by atoms with E-state index in [1.165, 1.54) is 17.7 Å². The molecule has 0 amide bonds. The van der Waals surface area contributed by atoms with Crippen LogP contribution in [-0.4, -0.2) is 4.98 Å². The lowest BCUT2D eigenvalue weighted by molar-refractivity contribution is 0.815. The largest absolute Gasteiger partial charge is 0.252 e. The number of hydrogen-bond donors (Lipinski definition) is 0. The lowest BCUT2D eigenvalue weighted by atomic mass is 10.0. The smallest absolute Gasteiger partial charge is 0.0705 e. The highest BCUT2D eigenvalue weighted by molar-refractivity contribution is 5.78. The molecule has 0 aliphatic rings. The van der Waals surface area contributed by atoms with Gasteiger partial charge in [-0.25, -0.2) is 0 Å². The summed E-state index contributed by atoms with van der Waals surface area (Å²) >= 11 is 0. The molecule has 0 saturated heterocycles. The van der Waals surface area contributed by atoms with Gasteiger partial charge in [0.05, 0.1) is 5.52 Å². The Balaban J connectivity index is 2.38. The molecule has 1 aromatic carbocycles. The van der Waals surface area contributed by atoms with Crippen molar-refractivity contribution in [2.24, 2.45) is 0 Å². The Kier molecular flexibility index (Phi) is 3.00. The number of pyridine rings is 1. The van der Waals surface area contributed by atoms with Crippen LogP contribution >= 0.6 is 0 Å². The van der Waals surface area contributed by atoms with E-state index in [0.29, 0.717) is 0 Å². The highest BCUT2D eigenvalue weighted by Gasteiger charge is 2.06. The molecule has 1 heterocycles. The van der Waals surface area contributed by atoms with E-state index in [1.807, 2.05) is 12.1 Å². The second-order valence-electron chi connectivity index (χ2n) is 3.92. The van der Waals surface area contributed by atoms with Crippen LogP contribution in [-0.2, 0) is 0 Å². The fraction of sp³-hybridized carbons (Fsp3) is 0.286. The first-order valence-electron chi connectivity index (χ1n) is 5.50. The van der Waals surface area contributed by atoms with Crippen molar-refractivity contribution in [3.8, 4) is 0 Å². The summed E-state index contributed by atoms with van der Waals surface area (Å²) in [5, 5.41) is 1.21. The number of benzene rings is 1. The fourth-order valence-electron chi connectivity index (χ4n) is 1.81. The highest BCUT2D eigenvalue weighted by Crippen LogP contribution is 2.20. The van der Waals surface area contributed by atoms with Crippen molar-refractivity contribution in [3.05, 3.63) is 48.0 Å². The van der Waals surface area contributed by atoms with Gasteiger partial charge in [-0.1, -0.05) is 44.5 Å². The first kappa shape index (κ1) is 10.2. The van der Waals surface area contributed by atoms with Gasteiger partial charge in [0.1, 0.15) is 0 Å². The molecule has 0 unspecified atom stereocenters. The quantitative estimate of drug-likeness (QED) is 0.727. The minimum atomic E-state index is 1.09. The Hall–Kier alpha value is -1.37. The summed E-state index contributed by atoms with van der Waals surface area (Å²) in [4.78, 5) is 4.66. The number of hydrogen-bond acceptors (Lipinski definition) is 1. The molecule has 0 N–H and O–H groups in total. The van der Waals surface area contributed by atoms with E-state index >= 15 is 0 Å². The van der Waals surface area contributed by atoms with Crippen LogP contribution in [0.25, 0.3) is 10.9 Å². The van der Waals surface area contributed by atoms with Crippen LogP contribution in [0.5, 0.6) is 0 Å². The van der Waals surface area contributed by atoms with Crippen LogP contribution < -0.4 is 0 Å². The lowest BCUT2D eigenvalue weighted by Gasteiger charge is -2.09. The van der Waals surface area contributed by atoms with Gasteiger partial charge in [0.2, 0.25) is 0 Å². The number of para-hydroxylation sites is 1. The molecule has 1 nitrogen and oxygen atoms in total. The number of rotatable bonds is 3. The third kappa shape index (κ3) is 2.17. The molecule has 1 radical (unpaired) electrons. The van der Waals surface area contributed by atoms with Crippen molar-refractivity contribution in [1.82, 2.24) is 4.98 Å². The third-order valence-corrected chi connectivity index (χ3v) is 2.66. The predicted octanol–water partition coefficient (Wildman–Crippen LogP) is 3.98. The van der Waals surface area contributed by atoms with Gasteiger partial charge in [0, 0.05) is 17.0 Å². The van der Waals surface area contributed by atoms with Crippen LogP contribution in [0.1, 0.15) is 32.4 Å². The average molecular weight is 198 g/mol. The maximum Gasteiger partial charge on any atom is 0.0705 e. The Bertz CT molecular complexity index is 448. The molecule has 1 heteroatoms. The van der Waals surface area contributed by atoms with Crippen molar-refractivity contribution in [1.29, 1.82) is 0 Å². The van der Waals surface area contributed by atoms with Gasteiger partial charge in [0.25, 0.3) is 0 Å². The van der Waals surface area contributed by atoms with Gasteiger partial charge in [-0.15, -0.1) is 0 Å². The van der Waals surface area contributed by atoms with E-state index in [9.17, 15) is 0 Å². The van der Waals surface area contributed by atoms with Crippen molar-refractivity contribution in [2.75, 3.05) is 0 Å². The van der Waals surface area contributed by atoms with Crippen molar-refractivity contribution < 1.29 is 0 Å². The molecule has 0 aliphatic carbocycles. The summed E-state index contributed by atoms with van der Waals surface area (Å²) in [6.45, 7) is 4.37. The van der Waals surface area contributed by atoms with E-state index in [2.05, 4.69) is 43.1 Å². The SMILES string of the molecule is CCC[C](C)c1ccc2ccccc2n1. The summed E-state index contributed by atoms with van der Waals surface area (Å²) in [6.07, 6.45) is 2.31. The molecule has 15 heavy (non-hydrogen) atoms. The molecule has 0 fully saturated rings. The predicted molar refractivity (Wildman–Crippen MR) is 64.7 cm³/mol. The molecule has 0 atom stereocenters. The first-order chi connectivity index (χ1) is 7.31. The Morgan fingerprint density at radius 2 is 1.93 bits per heavy atom.